The standard InChI is InChI=1S/C26H25F3N6O2/c1-14-5-4-12-30-19(14)24-34-22-20(35(24)13-16-8-10-18(11-9-16)26(27,28)29)21(32-23(33-22)25(36)37)31-15(2)17-6-3-7-17/h4-5,8-12,15,17H,3,6-7,13H2,1-2H3,(H,36,37)(H,31,32,33)/t15-/m1/s1. The monoisotopic (exact) mass is 510 g/mol. The molecule has 0 unspecified atom stereocenters. The van der Waals surface area contributed by atoms with Crippen molar-refractivity contribution in [3.63, 3.8) is 0 Å². The fraction of sp³-hybridized carbons (Fsp3) is 0.346. The summed E-state index contributed by atoms with van der Waals surface area (Å²) in [4.78, 5) is 29.4. The second kappa shape index (κ2) is 9.45. The van der Waals surface area contributed by atoms with Gasteiger partial charge in [-0.2, -0.15) is 13.2 Å². The zero-order chi connectivity index (χ0) is 26.3. The Kier molecular flexibility index (Phi) is 6.30. The summed E-state index contributed by atoms with van der Waals surface area (Å²) in [6.45, 7) is 4.05. The van der Waals surface area contributed by atoms with E-state index in [1.807, 2.05) is 19.9 Å². The molecule has 0 bridgehead atoms. The first-order valence-corrected chi connectivity index (χ1v) is 12.0. The van der Waals surface area contributed by atoms with Crippen molar-refractivity contribution < 1.29 is 23.1 Å². The predicted molar refractivity (Wildman–Crippen MR) is 131 cm³/mol. The van der Waals surface area contributed by atoms with Crippen LogP contribution in [0.25, 0.3) is 22.7 Å². The Hall–Kier alpha value is -4.02. The molecule has 0 spiro atoms. The van der Waals surface area contributed by atoms with Crippen molar-refractivity contribution in [1.29, 1.82) is 0 Å². The van der Waals surface area contributed by atoms with E-state index in [4.69, 9.17) is 0 Å². The van der Waals surface area contributed by atoms with Crippen LogP contribution in [0.1, 0.15) is 53.5 Å². The van der Waals surface area contributed by atoms with Crippen LogP contribution in [0.2, 0.25) is 0 Å². The summed E-state index contributed by atoms with van der Waals surface area (Å²) in [6.07, 6.45) is 0.461. The van der Waals surface area contributed by atoms with Crippen LogP contribution >= 0.6 is 0 Å². The number of aryl methyl sites for hydroxylation is 1. The largest absolute Gasteiger partial charge is 0.475 e. The maximum absolute atomic E-state index is 13.1. The van der Waals surface area contributed by atoms with Crippen molar-refractivity contribution in [2.45, 2.75) is 51.9 Å². The number of aromatic nitrogens is 5. The first kappa shape index (κ1) is 24.7. The molecule has 1 fully saturated rings. The Bertz CT molecular complexity index is 1460. The zero-order valence-electron chi connectivity index (χ0n) is 20.3. The Morgan fingerprint density at radius 2 is 1.89 bits per heavy atom. The quantitative estimate of drug-likeness (QED) is 0.335. The number of carbonyl (C=O) groups is 1. The van der Waals surface area contributed by atoms with Crippen LogP contribution in [0, 0.1) is 12.8 Å². The lowest BCUT2D eigenvalue weighted by molar-refractivity contribution is -0.137. The summed E-state index contributed by atoms with van der Waals surface area (Å²) < 4.78 is 41.1. The number of carboxylic acids is 1. The van der Waals surface area contributed by atoms with Gasteiger partial charge in [-0.05, 0) is 61.9 Å². The number of rotatable bonds is 7. The number of imidazole rings is 1. The van der Waals surface area contributed by atoms with Crippen molar-refractivity contribution in [2.75, 3.05) is 5.32 Å². The van der Waals surface area contributed by atoms with Gasteiger partial charge in [0.1, 0.15) is 11.2 Å². The molecule has 0 aliphatic heterocycles. The summed E-state index contributed by atoms with van der Waals surface area (Å²) in [7, 11) is 0. The van der Waals surface area contributed by atoms with Crippen LogP contribution in [-0.2, 0) is 12.7 Å². The average Bonchev–Trinajstić information content (AvgIpc) is 3.16. The number of hydrogen-bond donors (Lipinski definition) is 2. The molecule has 192 valence electrons. The lowest BCUT2D eigenvalue weighted by atomic mass is 9.80. The molecule has 3 aromatic heterocycles. The Morgan fingerprint density at radius 1 is 1.16 bits per heavy atom. The first-order chi connectivity index (χ1) is 17.6. The van der Waals surface area contributed by atoms with Crippen molar-refractivity contribution in [2.24, 2.45) is 5.92 Å². The third-order valence-corrected chi connectivity index (χ3v) is 6.86. The predicted octanol–water partition coefficient (Wildman–Crippen LogP) is 5.56. The molecule has 2 N–H and O–H groups in total. The van der Waals surface area contributed by atoms with Gasteiger partial charge in [-0.1, -0.05) is 24.6 Å². The second-order valence-electron chi connectivity index (χ2n) is 9.38. The average molecular weight is 511 g/mol. The SMILES string of the molecule is Cc1cccnc1-c1nc2nc(C(=O)O)nc(N[C@H](C)C3CCC3)c2n1Cc1ccc(C(F)(F)F)cc1. The van der Waals surface area contributed by atoms with E-state index < -0.39 is 17.7 Å². The lowest BCUT2D eigenvalue weighted by Gasteiger charge is -2.32. The number of nitrogens with zero attached hydrogens (tertiary/aromatic N) is 5. The zero-order valence-corrected chi connectivity index (χ0v) is 20.3. The summed E-state index contributed by atoms with van der Waals surface area (Å²) in [5.74, 6) is -0.499. The molecule has 0 saturated heterocycles. The van der Waals surface area contributed by atoms with E-state index in [1.54, 1.807) is 16.8 Å². The van der Waals surface area contributed by atoms with Gasteiger partial charge in [0, 0.05) is 18.8 Å². The fourth-order valence-electron chi connectivity index (χ4n) is 4.54. The van der Waals surface area contributed by atoms with Crippen LogP contribution < -0.4 is 5.32 Å². The summed E-state index contributed by atoms with van der Waals surface area (Å²) in [5.41, 5.74) is 1.89. The van der Waals surface area contributed by atoms with Crippen molar-refractivity contribution in [3.8, 4) is 11.5 Å². The summed E-state index contributed by atoms with van der Waals surface area (Å²) >= 11 is 0. The Labute approximate surface area is 210 Å². The summed E-state index contributed by atoms with van der Waals surface area (Å²) in [6, 6.07) is 8.60. The highest BCUT2D eigenvalue weighted by Crippen LogP contribution is 2.34. The van der Waals surface area contributed by atoms with Gasteiger partial charge in [0.15, 0.2) is 17.3 Å². The topological polar surface area (TPSA) is 106 Å². The number of hydrogen-bond acceptors (Lipinski definition) is 6. The second-order valence-corrected chi connectivity index (χ2v) is 9.38. The summed E-state index contributed by atoms with van der Waals surface area (Å²) in [5, 5.41) is 13.0. The van der Waals surface area contributed by atoms with Gasteiger partial charge in [-0.3, -0.25) is 4.98 Å². The van der Waals surface area contributed by atoms with E-state index in [1.165, 1.54) is 12.1 Å². The normalized spacial score (nSPS) is 14.9. The van der Waals surface area contributed by atoms with Gasteiger partial charge in [-0.25, -0.2) is 19.7 Å². The molecular formula is C26H25F3N6O2. The van der Waals surface area contributed by atoms with E-state index in [0.29, 0.717) is 34.3 Å². The highest BCUT2D eigenvalue weighted by molar-refractivity contribution is 5.92. The molecule has 1 saturated carbocycles. The smallest absolute Gasteiger partial charge is 0.416 e. The van der Waals surface area contributed by atoms with E-state index in [2.05, 4.69) is 25.3 Å². The minimum Gasteiger partial charge on any atom is -0.475 e. The molecule has 1 aliphatic carbocycles. The molecule has 11 heteroatoms. The van der Waals surface area contributed by atoms with E-state index in [-0.39, 0.29) is 24.1 Å². The number of alkyl halides is 3. The third kappa shape index (κ3) is 4.85. The molecule has 5 rings (SSSR count). The molecule has 1 aliphatic rings. The number of aromatic carboxylic acids is 1. The maximum Gasteiger partial charge on any atom is 0.416 e. The molecule has 8 nitrogen and oxygen atoms in total. The van der Waals surface area contributed by atoms with Crippen molar-refractivity contribution >= 4 is 23.0 Å². The molecule has 0 amide bonds. The van der Waals surface area contributed by atoms with Gasteiger partial charge in [-0.15, -0.1) is 0 Å². The van der Waals surface area contributed by atoms with Crippen LogP contribution in [0.5, 0.6) is 0 Å². The molecule has 37 heavy (non-hydrogen) atoms. The van der Waals surface area contributed by atoms with Crippen molar-refractivity contribution in [3.05, 3.63) is 65.1 Å². The number of carboxylic acid groups (broad SMARTS) is 1. The molecule has 1 atom stereocenters. The number of nitrogens with one attached hydrogen (secondary N) is 1. The number of benzene rings is 1. The van der Waals surface area contributed by atoms with Crippen LogP contribution in [0.4, 0.5) is 19.0 Å². The lowest BCUT2D eigenvalue weighted by Crippen LogP contribution is -2.31. The highest BCUT2D eigenvalue weighted by Gasteiger charge is 2.31. The molecule has 0 radical (unpaired) electrons. The van der Waals surface area contributed by atoms with Gasteiger partial charge < -0.3 is 15.0 Å². The maximum atomic E-state index is 13.1. The molecule has 3 heterocycles. The number of anilines is 1. The fourth-order valence-corrected chi connectivity index (χ4v) is 4.54. The Morgan fingerprint density at radius 3 is 2.49 bits per heavy atom. The van der Waals surface area contributed by atoms with E-state index >= 15 is 0 Å². The van der Waals surface area contributed by atoms with Crippen LogP contribution in [0.15, 0.2) is 42.6 Å². The van der Waals surface area contributed by atoms with Gasteiger partial charge in [0.05, 0.1) is 5.56 Å². The van der Waals surface area contributed by atoms with Gasteiger partial charge >= 0.3 is 12.1 Å². The van der Waals surface area contributed by atoms with Crippen LogP contribution in [0.3, 0.4) is 0 Å². The highest BCUT2D eigenvalue weighted by atomic mass is 19.4. The molecular weight excluding hydrogens is 485 g/mol. The van der Waals surface area contributed by atoms with E-state index in [0.717, 1.165) is 37.0 Å². The molecule has 4 aromatic rings. The van der Waals surface area contributed by atoms with Gasteiger partial charge in [0.25, 0.3) is 0 Å². The molecule has 1 aromatic carbocycles. The minimum atomic E-state index is -4.44. The third-order valence-electron chi connectivity index (χ3n) is 6.86. The Balaban J connectivity index is 1.69. The number of pyridine rings is 1. The number of halogens is 3. The van der Waals surface area contributed by atoms with Crippen molar-refractivity contribution in [1.82, 2.24) is 24.5 Å². The minimum absolute atomic E-state index is 0.0305. The first-order valence-electron chi connectivity index (χ1n) is 12.0. The van der Waals surface area contributed by atoms with Crippen LogP contribution in [-0.4, -0.2) is 41.6 Å². The van der Waals surface area contributed by atoms with Gasteiger partial charge in [0.2, 0.25) is 5.82 Å². The number of fused-ring (bicyclic) bond motifs is 1. The van der Waals surface area contributed by atoms with E-state index in [9.17, 15) is 23.1 Å².